The summed E-state index contributed by atoms with van der Waals surface area (Å²) in [6, 6.07) is 0. The van der Waals surface area contributed by atoms with Gasteiger partial charge in [-0.15, -0.1) is 0 Å². The largest absolute Gasteiger partial charge is 0.394 e. The standard InChI is InChI=1S/C7H13BrO5/c8-1-2-12-7-6(11)5(10)4(3-9)13-7/h4-7,9-11H,1-3H2/t4-,5-,6-,7?/m1/s1. The van der Waals surface area contributed by atoms with Crippen molar-refractivity contribution in [3.63, 3.8) is 0 Å². The van der Waals surface area contributed by atoms with Crippen molar-refractivity contribution < 1.29 is 24.8 Å². The summed E-state index contributed by atoms with van der Waals surface area (Å²) in [4.78, 5) is 0. The highest BCUT2D eigenvalue weighted by Gasteiger charge is 2.42. The highest BCUT2D eigenvalue weighted by molar-refractivity contribution is 9.09. The maximum absolute atomic E-state index is 9.36. The molecular formula is C7H13BrO5. The number of alkyl halides is 1. The molecule has 0 aromatic rings. The van der Waals surface area contributed by atoms with Gasteiger partial charge in [0.2, 0.25) is 0 Å². The van der Waals surface area contributed by atoms with Gasteiger partial charge in [-0.25, -0.2) is 0 Å². The molecule has 0 bridgehead atoms. The molecule has 0 amide bonds. The van der Waals surface area contributed by atoms with Gasteiger partial charge < -0.3 is 24.8 Å². The Morgan fingerprint density at radius 2 is 2.00 bits per heavy atom. The maximum Gasteiger partial charge on any atom is 0.186 e. The number of aliphatic hydroxyl groups is 3. The zero-order valence-electron chi connectivity index (χ0n) is 6.97. The molecule has 1 aliphatic rings. The fraction of sp³-hybridized carbons (Fsp3) is 1.00. The lowest BCUT2D eigenvalue weighted by molar-refractivity contribution is -0.165. The molecule has 13 heavy (non-hydrogen) atoms. The normalized spacial score (nSPS) is 39.7. The van der Waals surface area contributed by atoms with Crippen LogP contribution in [0.15, 0.2) is 0 Å². The van der Waals surface area contributed by atoms with Gasteiger partial charge in [-0.3, -0.25) is 0 Å². The maximum atomic E-state index is 9.36. The average molecular weight is 257 g/mol. The van der Waals surface area contributed by atoms with E-state index in [0.29, 0.717) is 11.9 Å². The van der Waals surface area contributed by atoms with Crippen molar-refractivity contribution in [3.8, 4) is 0 Å². The van der Waals surface area contributed by atoms with E-state index in [9.17, 15) is 10.2 Å². The fourth-order valence-electron chi connectivity index (χ4n) is 1.16. The number of hydrogen-bond acceptors (Lipinski definition) is 5. The van der Waals surface area contributed by atoms with E-state index in [1.807, 2.05) is 0 Å². The minimum absolute atomic E-state index is 0.327. The van der Waals surface area contributed by atoms with Crippen LogP contribution in [0.25, 0.3) is 0 Å². The molecule has 0 aromatic heterocycles. The van der Waals surface area contributed by atoms with Crippen molar-refractivity contribution in [2.24, 2.45) is 0 Å². The minimum atomic E-state index is -1.09. The molecule has 0 spiro atoms. The quantitative estimate of drug-likeness (QED) is 0.553. The molecule has 3 N–H and O–H groups in total. The van der Waals surface area contributed by atoms with E-state index in [2.05, 4.69) is 15.9 Å². The van der Waals surface area contributed by atoms with E-state index < -0.39 is 24.6 Å². The Labute approximate surface area is 84.4 Å². The summed E-state index contributed by atoms with van der Waals surface area (Å²) in [6.45, 7) is 0.0546. The second kappa shape index (κ2) is 5.23. The van der Waals surface area contributed by atoms with E-state index >= 15 is 0 Å². The van der Waals surface area contributed by atoms with E-state index in [4.69, 9.17) is 14.6 Å². The van der Waals surface area contributed by atoms with Crippen molar-refractivity contribution in [1.29, 1.82) is 0 Å². The molecule has 1 fully saturated rings. The van der Waals surface area contributed by atoms with Crippen molar-refractivity contribution >= 4 is 15.9 Å². The van der Waals surface area contributed by atoms with Crippen LogP contribution < -0.4 is 0 Å². The monoisotopic (exact) mass is 256 g/mol. The van der Waals surface area contributed by atoms with Gasteiger partial charge in [-0.05, 0) is 0 Å². The summed E-state index contributed by atoms with van der Waals surface area (Å²) < 4.78 is 10.1. The number of hydrogen-bond donors (Lipinski definition) is 3. The Kier molecular flexibility index (Phi) is 4.57. The third-order valence-electron chi connectivity index (χ3n) is 1.86. The van der Waals surface area contributed by atoms with Gasteiger partial charge in [-0.2, -0.15) is 0 Å². The first-order chi connectivity index (χ1) is 6.20. The number of rotatable bonds is 4. The molecule has 1 aliphatic heterocycles. The topological polar surface area (TPSA) is 79.2 Å². The zero-order valence-corrected chi connectivity index (χ0v) is 8.55. The summed E-state index contributed by atoms with van der Waals surface area (Å²) in [7, 11) is 0. The van der Waals surface area contributed by atoms with Gasteiger partial charge in [0.1, 0.15) is 18.3 Å². The van der Waals surface area contributed by atoms with E-state index in [1.165, 1.54) is 0 Å². The molecule has 1 unspecified atom stereocenters. The van der Waals surface area contributed by atoms with Gasteiger partial charge in [0.25, 0.3) is 0 Å². The second-order valence-electron chi connectivity index (χ2n) is 2.77. The van der Waals surface area contributed by atoms with Crippen LogP contribution in [-0.4, -0.2) is 58.5 Å². The van der Waals surface area contributed by atoms with Crippen molar-refractivity contribution in [2.75, 3.05) is 18.5 Å². The Morgan fingerprint density at radius 1 is 1.31 bits per heavy atom. The van der Waals surface area contributed by atoms with Gasteiger partial charge in [0, 0.05) is 5.33 Å². The predicted molar refractivity (Wildman–Crippen MR) is 47.5 cm³/mol. The molecule has 5 nitrogen and oxygen atoms in total. The summed E-state index contributed by atoms with van der Waals surface area (Å²) in [5, 5.41) is 28.0. The third-order valence-corrected chi connectivity index (χ3v) is 2.18. The molecule has 1 heterocycles. The average Bonchev–Trinajstić information content (AvgIpc) is 2.41. The fourth-order valence-corrected chi connectivity index (χ4v) is 1.35. The Hall–Kier alpha value is 0.280. The van der Waals surface area contributed by atoms with Crippen LogP contribution in [0.1, 0.15) is 0 Å². The summed E-state index contributed by atoms with van der Waals surface area (Å²) in [5.41, 5.74) is 0. The van der Waals surface area contributed by atoms with Crippen molar-refractivity contribution in [2.45, 2.75) is 24.6 Å². The Bertz CT molecular complexity index is 156. The van der Waals surface area contributed by atoms with Crippen LogP contribution in [-0.2, 0) is 9.47 Å². The molecule has 4 atom stereocenters. The van der Waals surface area contributed by atoms with Crippen LogP contribution in [0.3, 0.4) is 0 Å². The van der Waals surface area contributed by atoms with E-state index in [-0.39, 0.29) is 6.61 Å². The predicted octanol–water partition coefficient (Wildman–Crippen LogP) is -1.16. The molecule has 78 valence electrons. The van der Waals surface area contributed by atoms with E-state index in [1.54, 1.807) is 0 Å². The van der Waals surface area contributed by atoms with Crippen LogP contribution >= 0.6 is 15.9 Å². The lowest BCUT2D eigenvalue weighted by atomic mass is 10.1. The first-order valence-corrected chi connectivity index (χ1v) is 5.13. The van der Waals surface area contributed by atoms with Crippen molar-refractivity contribution in [3.05, 3.63) is 0 Å². The number of ether oxygens (including phenoxy) is 2. The summed E-state index contributed by atoms with van der Waals surface area (Å²) >= 11 is 3.15. The summed E-state index contributed by atoms with van der Waals surface area (Å²) in [5.74, 6) is 0. The smallest absolute Gasteiger partial charge is 0.186 e. The second-order valence-corrected chi connectivity index (χ2v) is 3.56. The number of aliphatic hydroxyl groups excluding tert-OH is 3. The highest BCUT2D eigenvalue weighted by Crippen LogP contribution is 2.21. The van der Waals surface area contributed by atoms with Gasteiger partial charge in [0.15, 0.2) is 6.29 Å². The van der Waals surface area contributed by atoms with Crippen molar-refractivity contribution in [1.82, 2.24) is 0 Å². The zero-order chi connectivity index (χ0) is 9.84. The first kappa shape index (κ1) is 11.4. The number of halogens is 1. The van der Waals surface area contributed by atoms with Crippen LogP contribution in [0.5, 0.6) is 0 Å². The molecule has 0 radical (unpaired) electrons. The minimum Gasteiger partial charge on any atom is -0.394 e. The Morgan fingerprint density at radius 3 is 2.46 bits per heavy atom. The van der Waals surface area contributed by atoms with Gasteiger partial charge >= 0.3 is 0 Å². The lowest BCUT2D eigenvalue weighted by Crippen LogP contribution is -2.34. The Balaban J connectivity index is 2.40. The molecule has 0 aliphatic carbocycles. The summed E-state index contributed by atoms with van der Waals surface area (Å²) in [6.07, 6.45) is -3.76. The highest BCUT2D eigenvalue weighted by atomic mass is 79.9. The third kappa shape index (κ3) is 2.61. The first-order valence-electron chi connectivity index (χ1n) is 4.00. The molecule has 1 saturated heterocycles. The van der Waals surface area contributed by atoms with E-state index in [0.717, 1.165) is 0 Å². The molecule has 0 aromatic carbocycles. The SMILES string of the molecule is OC[C@H]1OC(OCCBr)[C@H](O)[C@@H]1O. The van der Waals surface area contributed by atoms with Crippen LogP contribution in [0, 0.1) is 0 Å². The van der Waals surface area contributed by atoms with Gasteiger partial charge in [0.05, 0.1) is 13.2 Å². The molecule has 1 rings (SSSR count). The lowest BCUT2D eigenvalue weighted by Gasteiger charge is -2.14. The molecule has 6 heteroatoms. The molecular weight excluding hydrogens is 244 g/mol. The van der Waals surface area contributed by atoms with Crippen LogP contribution in [0.2, 0.25) is 0 Å². The van der Waals surface area contributed by atoms with Crippen LogP contribution in [0.4, 0.5) is 0 Å². The van der Waals surface area contributed by atoms with Gasteiger partial charge in [-0.1, -0.05) is 15.9 Å². The molecule has 0 saturated carbocycles.